The van der Waals surface area contributed by atoms with E-state index in [1.165, 1.54) is 0 Å². The molecule has 0 aliphatic carbocycles. The fraction of sp³-hybridized carbons (Fsp3) is 0.292. The number of aromatic amines is 1. The van der Waals surface area contributed by atoms with Crippen LogP contribution in [0, 0.1) is 6.92 Å². The number of Topliss-reactive ketones (excluding diaryl/α,β-unsaturated/α-hetero) is 1. The van der Waals surface area contributed by atoms with Gasteiger partial charge in [-0.2, -0.15) is 5.10 Å². The zero-order chi connectivity index (χ0) is 21.6. The Kier molecular flexibility index (Phi) is 4.82. The summed E-state index contributed by atoms with van der Waals surface area (Å²) in [5, 5.41) is 7.49. The molecule has 0 unspecified atom stereocenters. The molecule has 2 aliphatic heterocycles. The number of hydrogen-bond acceptors (Lipinski definition) is 4. The molecule has 6 nitrogen and oxygen atoms in total. The summed E-state index contributed by atoms with van der Waals surface area (Å²) < 4.78 is 6.31. The number of H-pyrrole nitrogens is 1. The lowest BCUT2D eigenvalue weighted by Gasteiger charge is -2.44. The fourth-order valence-electron chi connectivity index (χ4n) is 4.44. The topological polar surface area (TPSA) is 75.3 Å². The van der Waals surface area contributed by atoms with Crippen molar-refractivity contribution in [2.75, 3.05) is 13.1 Å². The molecule has 158 valence electrons. The molecule has 0 saturated carbocycles. The molecule has 1 amide bonds. The molecule has 2 aliphatic rings. The molecule has 2 aromatic carbocycles. The second-order valence-electron chi connectivity index (χ2n) is 8.33. The van der Waals surface area contributed by atoms with Crippen LogP contribution in [0.3, 0.4) is 0 Å². The third kappa shape index (κ3) is 3.61. The van der Waals surface area contributed by atoms with Crippen LogP contribution in [0.2, 0.25) is 5.02 Å². The first-order valence-corrected chi connectivity index (χ1v) is 10.7. The quantitative estimate of drug-likeness (QED) is 0.634. The van der Waals surface area contributed by atoms with Gasteiger partial charge in [-0.25, -0.2) is 0 Å². The molecule has 1 fully saturated rings. The highest BCUT2D eigenvalue weighted by Gasteiger charge is 2.44. The van der Waals surface area contributed by atoms with Crippen LogP contribution >= 0.6 is 11.6 Å². The van der Waals surface area contributed by atoms with Crippen molar-refractivity contribution in [2.24, 2.45) is 0 Å². The Labute approximate surface area is 185 Å². The van der Waals surface area contributed by atoms with Gasteiger partial charge in [-0.3, -0.25) is 14.7 Å². The number of ether oxygens (including phenoxy) is 1. The van der Waals surface area contributed by atoms with E-state index in [2.05, 4.69) is 10.2 Å². The second-order valence-corrected chi connectivity index (χ2v) is 8.73. The van der Waals surface area contributed by atoms with Crippen LogP contribution in [0.15, 0.2) is 48.7 Å². The molecule has 0 bridgehead atoms. The molecule has 7 heteroatoms. The third-order valence-electron chi connectivity index (χ3n) is 6.25. The number of carbonyl (C=O) groups is 2. The SMILES string of the molecule is Cc1cc2c(cc1Cl)OC1(CCN(C(=O)c3cccc(-c4ccn[nH]4)c3)CC1)CC2=O. The molecule has 5 rings (SSSR count). The molecule has 1 saturated heterocycles. The molecule has 0 radical (unpaired) electrons. The zero-order valence-corrected chi connectivity index (χ0v) is 17.9. The van der Waals surface area contributed by atoms with E-state index in [9.17, 15) is 9.59 Å². The van der Waals surface area contributed by atoms with Gasteiger partial charge in [0.25, 0.3) is 5.91 Å². The van der Waals surface area contributed by atoms with E-state index in [0.29, 0.717) is 54.3 Å². The Morgan fingerprint density at radius 2 is 2.00 bits per heavy atom. The maximum atomic E-state index is 13.1. The number of nitrogens with one attached hydrogen (secondary N) is 1. The van der Waals surface area contributed by atoms with Gasteiger partial charge in [0.2, 0.25) is 0 Å². The number of halogens is 1. The highest BCUT2D eigenvalue weighted by Crippen LogP contribution is 2.41. The molecule has 1 N–H and O–H groups in total. The first kappa shape index (κ1) is 19.8. The van der Waals surface area contributed by atoms with Gasteiger partial charge in [-0.15, -0.1) is 0 Å². The van der Waals surface area contributed by atoms with Crippen LogP contribution in [0.1, 0.15) is 45.5 Å². The number of hydrogen-bond donors (Lipinski definition) is 1. The minimum atomic E-state index is -0.572. The van der Waals surface area contributed by atoms with Crippen LogP contribution in [-0.2, 0) is 0 Å². The van der Waals surface area contributed by atoms with Crippen molar-refractivity contribution < 1.29 is 14.3 Å². The van der Waals surface area contributed by atoms with Crippen molar-refractivity contribution in [3.8, 4) is 17.0 Å². The van der Waals surface area contributed by atoms with Crippen LogP contribution in [-0.4, -0.2) is 45.5 Å². The van der Waals surface area contributed by atoms with Crippen molar-refractivity contribution in [2.45, 2.75) is 31.8 Å². The van der Waals surface area contributed by atoms with E-state index in [-0.39, 0.29) is 11.7 Å². The average Bonchev–Trinajstić information content (AvgIpc) is 3.31. The fourth-order valence-corrected chi connectivity index (χ4v) is 4.59. The van der Waals surface area contributed by atoms with Crippen molar-refractivity contribution in [3.63, 3.8) is 0 Å². The number of aromatic nitrogens is 2. The maximum absolute atomic E-state index is 13.1. The molecule has 1 aromatic heterocycles. The number of rotatable bonds is 2. The van der Waals surface area contributed by atoms with Crippen molar-refractivity contribution in [3.05, 3.63) is 70.4 Å². The molecule has 1 spiro atoms. The van der Waals surface area contributed by atoms with E-state index in [0.717, 1.165) is 16.8 Å². The number of amides is 1. The van der Waals surface area contributed by atoms with Gasteiger partial charge in [0.1, 0.15) is 11.4 Å². The summed E-state index contributed by atoms with van der Waals surface area (Å²) in [5.41, 5.74) is 3.32. The minimum Gasteiger partial charge on any atom is -0.486 e. The van der Waals surface area contributed by atoms with Crippen molar-refractivity contribution >= 4 is 23.3 Å². The summed E-state index contributed by atoms with van der Waals surface area (Å²) in [6, 6.07) is 12.9. The summed E-state index contributed by atoms with van der Waals surface area (Å²) in [6.45, 7) is 2.95. The molecular formula is C24H22ClN3O3. The van der Waals surface area contributed by atoms with E-state index >= 15 is 0 Å². The van der Waals surface area contributed by atoms with Gasteiger partial charge in [-0.05, 0) is 42.8 Å². The Morgan fingerprint density at radius 1 is 1.19 bits per heavy atom. The molecule has 3 heterocycles. The third-order valence-corrected chi connectivity index (χ3v) is 6.66. The number of ketones is 1. The predicted octanol–water partition coefficient (Wildman–Crippen LogP) is 4.68. The summed E-state index contributed by atoms with van der Waals surface area (Å²) in [5.74, 6) is 0.615. The summed E-state index contributed by atoms with van der Waals surface area (Å²) in [6.07, 6.45) is 3.23. The zero-order valence-electron chi connectivity index (χ0n) is 17.2. The lowest BCUT2D eigenvalue weighted by atomic mass is 9.82. The summed E-state index contributed by atoms with van der Waals surface area (Å²) >= 11 is 6.25. The average molecular weight is 436 g/mol. The Hall–Kier alpha value is -3.12. The van der Waals surface area contributed by atoms with E-state index in [4.69, 9.17) is 16.3 Å². The van der Waals surface area contributed by atoms with Crippen LogP contribution in [0.4, 0.5) is 0 Å². The van der Waals surface area contributed by atoms with Gasteiger partial charge in [0.15, 0.2) is 5.78 Å². The maximum Gasteiger partial charge on any atom is 0.253 e. The van der Waals surface area contributed by atoms with Crippen molar-refractivity contribution in [1.29, 1.82) is 0 Å². The Bertz CT molecular complexity index is 1160. The molecule has 3 aromatic rings. The van der Waals surface area contributed by atoms with Gasteiger partial charge >= 0.3 is 0 Å². The smallest absolute Gasteiger partial charge is 0.253 e. The van der Waals surface area contributed by atoms with E-state index in [1.807, 2.05) is 42.2 Å². The monoisotopic (exact) mass is 435 g/mol. The molecular weight excluding hydrogens is 414 g/mol. The number of carbonyl (C=O) groups excluding carboxylic acids is 2. The van der Waals surface area contributed by atoms with Crippen LogP contribution < -0.4 is 4.74 Å². The van der Waals surface area contributed by atoms with E-state index in [1.54, 1.807) is 18.3 Å². The van der Waals surface area contributed by atoms with Gasteiger partial charge in [0.05, 0.1) is 17.7 Å². The van der Waals surface area contributed by atoms with Gasteiger partial charge in [-0.1, -0.05) is 23.7 Å². The second kappa shape index (κ2) is 7.54. The number of benzene rings is 2. The molecule has 0 atom stereocenters. The highest BCUT2D eigenvalue weighted by atomic mass is 35.5. The first-order valence-electron chi connectivity index (χ1n) is 10.4. The lowest BCUT2D eigenvalue weighted by Crippen LogP contribution is -2.52. The summed E-state index contributed by atoms with van der Waals surface area (Å²) in [4.78, 5) is 27.7. The van der Waals surface area contributed by atoms with Gasteiger partial charge < -0.3 is 9.64 Å². The standard InChI is InChI=1S/C24H22ClN3O3/c1-15-11-18-21(29)14-24(31-22(18)13-19(15)25)6-9-28(10-7-24)23(30)17-4-2-3-16(12-17)20-5-8-26-27-20/h2-5,8,11-13H,6-7,9-10,14H2,1H3,(H,26,27). The number of piperidine rings is 1. The van der Waals surface area contributed by atoms with Crippen LogP contribution in [0.25, 0.3) is 11.3 Å². The predicted molar refractivity (Wildman–Crippen MR) is 118 cm³/mol. The number of nitrogens with zero attached hydrogens (tertiary/aromatic N) is 2. The summed E-state index contributed by atoms with van der Waals surface area (Å²) in [7, 11) is 0. The molecule has 31 heavy (non-hydrogen) atoms. The minimum absolute atomic E-state index is 0.0163. The Balaban J connectivity index is 1.31. The number of fused-ring (bicyclic) bond motifs is 1. The normalized spacial score (nSPS) is 17.4. The van der Waals surface area contributed by atoms with Crippen molar-refractivity contribution in [1.82, 2.24) is 15.1 Å². The van der Waals surface area contributed by atoms with E-state index < -0.39 is 5.60 Å². The Morgan fingerprint density at radius 3 is 2.74 bits per heavy atom. The first-order chi connectivity index (χ1) is 14.9. The lowest BCUT2D eigenvalue weighted by molar-refractivity contribution is -0.00571. The van der Waals surface area contributed by atoms with Crippen LogP contribution in [0.5, 0.6) is 5.75 Å². The number of aryl methyl sites for hydroxylation is 1. The highest BCUT2D eigenvalue weighted by molar-refractivity contribution is 6.31. The number of likely N-dealkylation sites (tertiary alicyclic amines) is 1. The van der Waals surface area contributed by atoms with Gasteiger partial charge in [0, 0.05) is 48.3 Å². The largest absolute Gasteiger partial charge is 0.486 e.